The van der Waals surface area contributed by atoms with E-state index in [0.717, 1.165) is 5.56 Å². The lowest BCUT2D eigenvalue weighted by Crippen LogP contribution is -2.16. The van der Waals surface area contributed by atoms with Crippen molar-refractivity contribution in [2.24, 2.45) is 5.92 Å². The Labute approximate surface area is 148 Å². The molecule has 132 valence electrons. The highest BCUT2D eigenvalue weighted by molar-refractivity contribution is 7.15. The Kier molecular flexibility index (Phi) is 5.87. The Morgan fingerprint density at radius 2 is 2.00 bits per heavy atom. The smallest absolute Gasteiger partial charge is 0.341 e. The molecule has 0 aliphatic heterocycles. The van der Waals surface area contributed by atoms with E-state index in [1.807, 2.05) is 13.8 Å². The zero-order valence-corrected chi connectivity index (χ0v) is 14.9. The number of ether oxygens (including phenoxy) is 1. The number of para-hydroxylation sites is 1. The third kappa shape index (κ3) is 4.21. The van der Waals surface area contributed by atoms with Crippen LogP contribution < -0.4 is 5.32 Å². The van der Waals surface area contributed by atoms with Gasteiger partial charge in [0.2, 0.25) is 0 Å². The first-order chi connectivity index (χ1) is 11.8. The monoisotopic (exact) mass is 362 g/mol. The zero-order valence-electron chi connectivity index (χ0n) is 14.1. The zero-order chi connectivity index (χ0) is 18.6. The Balaban J connectivity index is 2.37. The number of carbonyl (C=O) groups excluding carboxylic acids is 2. The molecule has 0 atom stereocenters. The predicted octanol–water partition coefficient (Wildman–Crippen LogP) is 3.89. The number of nitro groups is 1. The fraction of sp³-hybridized carbons (Fsp3) is 0.294. The summed E-state index contributed by atoms with van der Waals surface area (Å²) in [7, 11) is 1.27. The number of amides is 1. The molecule has 0 bridgehead atoms. The minimum Gasteiger partial charge on any atom is -0.465 e. The van der Waals surface area contributed by atoms with Gasteiger partial charge in [-0.05, 0) is 29.3 Å². The summed E-state index contributed by atoms with van der Waals surface area (Å²) in [5, 5.41) is 15.8. The van der Waals surface area contributed by atoms with Crippen molar-refractivity contribution in [3.05, 3.63) is 56.5 Å². The quantitative estimate of drug-likeness (QED) is 0.477. The van der Waals surface area contributed by atoms with Crippen LogP contribution in [0.3, 0.4) is 0 Å². The van der Waals surface area contributed by atoms with Crippen molar-refractivity contribution in [1.82, 2.24) is 0 Å². The number of methoxy groups -OCH3 is 1. The predicted molar refractivity (Wildman–Crippen MR) is 95.3 cm³/mol. The van der Waals surface area contributed by atoms with E-state index in [2.05, 4.69) is 5.32 Å². The molecule has 1 aromatic heterocycles. The second-order valence-corrected chi connectivity index (χ2v) is 6.66. The molecule has 0 saturated heterocycles. The standard InChI is InChI=1S/C17H18N2O5S/c1-10(2)8-11-9-25-16(14(11)17(21)24-3)18-15(20)12-6-4-5-7-13(12)19(22)23/h4-7,9-10H,8H2,1-3H3,(H,18,20). The fourth-order valence-corrected chi connectivity index (χ4v) is 3.35. The summed E-state index contributed by atoms with van der Waals surface area (Å²) in [5.74, 6) is -0.873. The van der Waals surface area contributed by atoms with Gasteiger partial charge in [0.25, 0.3) is 11.6 Å². The molecule has 8 heteroatoms. The van der Waals surface area contributed by atoms with Crippen LogP contribution >= 0.6 is 11.3 Å². The molecule has 2 aromatic rings. The number of carbonyl (C=O) groups is 2. The maximum absolute atomic E-state index is 12.5. The number of hydrogen-bond acceptors (Lipinski definition) is 6. The van der Waals surface area contributed by atoms with Gasteiger partial charge in [-0.1, -0.05) is 26.0 Å². The van der Waals surface area contributed by atoms with E-state index >= 15 is 0 Å². The molecule has 1 heterocycles. The van der Waals surface area contributed by atoms with Crippen molar-refractivity contribution >= 4 is 33.9 Å². The number of nitrogens with one attached hydrogen (secondary N) is 1. The van der Waals surface area contributed by atoms with Crippen molar-refractivity contribution in [1.29, 1.82) is 0 Å². The van der Waals surface area contributed by atoms with Gasteiger partial charge in [-0.15, -0.1) is 11.3 Å². The number of nitrogens with zero attached hydrogens (tertiary/aromatic N) is 1. The highest BCUT2D eigenvalue weighted by Crippen LogP contribution is 2.31. The van der Waals surface area contributed by atoms with E-state index in [1.165, 1.54) is 36.6 Å². The van der Waals surface area contributed by atoms with Crippen LogP contribution in [0.2, 0.25) is 0 Å². The van der Waals surface area contributed by atoms with E-state index in [0.29, 0.717) is 22.9 Å². The van der Waals surface area contributed by atoms with Crippen molar-refractivity contribution in [2.45, 2.75) is 20.3 Å². The van der Waals surface area contributed by atoms with Crippen molar-refractivity contribution < 1.29 is 19.2 Å². The fourth-order valence-electron chi connectivity index (χ4n) is 2.40. The number of thiophene rings is 1. The first kappa shape index (κ1) is 18.6. The lowest BCUT2D eigenvalue weighted by atomic mass is 10.0. The second-order valence-electron chi connectivity index (χ2n) is 5.78. The molecule has 7 nitrogen and oxygen atoms in total. The van der Waals surface area contributed by atoms with Crippen LogP contribution in [0, 0.1) is 16.0 Å². The molecular formula is C17H18N2O5S. The normalized spacial score (nSPS) is 10.6. The molecule has 2 rings (SSSR count). The van der Waals surface area contributed by atoms with E-state index < -0.39 is 16.8 Å². The van der Waals surface area contributed by atoms with Crippen LogP contribution in [-0.2, 0) is 11.2 Å². The molecule has 0 spiro atoms. The summed E-state index contributed by atoms with van der Waals surface area (Å²) >= 11 is 1.20. The van der Waals surface area contributed by atoms with E-state index in [9.17, 15) is 19.7 Å². The Bertz CT molecular complexity index is 813. The summed E-state index contributed by atoms with van der Waals surface area (Å²) in [4.78, 5) is 35.1. The highest BCUT2D eigenvalue weighted by Gasteiger charge is 2.24. The first-order valence-electron chi connectivity index (χ1n) is 7.58. The highest BCUT2D eigenvalue weighted by atomic mass is 32.1. The summed E-state index contributed by atoms with van der Waals surface area (Å²) in [6.07, 6.45) is 0.655. The van der Waals surface area contributed by atoms with Gasteiger partial charge in [-0.25, -0.2) is 4.79 Å². The lowest BCUT2D eigenvalue weighted by molar-refractivity contribution is -0.385. The maximum Gasteiger partial charge on any atom is 0.341 e. The van der Waals surface area contributed by atoms with Gasteiger partial charge in [-0.2, -0.15) is 0 Å². The Morgan fingerprint density at radius 3 is 2.60 bits per heavy atom. The SMILES string of the molecule is COC(=O)c1c(CC(C)C)csc1NC(=O)c1ccccc1[N+](=O)[O-]. The largest absolute Gasteiger partial charge is 0.465 e. The van der Waals surface area contributed by atoms with Crippen LogP contribution in [0.4, 0.5) is 10.7 Å². The van der Waals surface area contributed by atoms with E-state index in [4.69, 9.17) is 4.74 Å². The minimum absolute atomic E-state index is 0.0675. The second kappa shape index (κ2) is 7.89. The molecule has 25 heavy (non-hydrogen) atoms. The summed E-state index contributed by atoms with van der Waals surface area (Å²) in [6, 6.07) is 5.66. The van der Waals surface area contributed by atoms with Gasteiger partial charge in [-0.3, -0.25) is 14.9 Å². The molecule has 0 aliphatic carbocycles. The van der Waals surface area contributed by atoms with Gasteiger partial charge in [0.15, 0.2) is 0 Å². The van der Waals surface area contributed by atoms with Gasteiger partial charge < -0.3 is 10.1 Å². The van der Waals surface area contributed by atoms with Crippen LogP contribution in [0.25, 0.3) is 0 Å². The van der Waals surface area contributed by atoms with Gasteiger partial charge >= 0.3 is 5.97 Å². The number of hydrogen-bond donors (Lipinski definition) is 1. The molecule has 0 aliphatic rings. The average Bonchev–Trinajstić information content (AvgIpc) is 2.95. The van der Waals surface area contributed by atoms with Gasteiger partial charge in [0.1, 0.15) is 10.6 Å². The first-order valence-corrected chi connectivity index (χ1v) is 8.46. The minimum atomic E-state index is -0.643. The number of esters is 1. The van der Waals surface area contributed by atoms with E-state index in [1.54, 1.807) is 11.4 Å². The Morgan fingerprint density at radius 1 is 1.32 bits per heavy atom. The molecule has 0 saturated carbocycles. The number of nitro benzene ring substituents is 1. The van der Waals surface area contributed by atoms with E-state index in [-0.39, 0.29) is 11.3 Å². The number of anilines is 1. The van der Waals surface area contributed by atoms with Crippen LogP contribution in [0.15, 0.2) is 29.6 Å². The van der Waals surface area contributed by atoms with Crippen molar-refractivity contribution in [3.8, 4) is 0 Å². The number of rotatable bonds is 6. The molecule has 1 aromatic carbocycles. The summed E-state index contributed by atoms with van der Waals surface area (Å²) in [6.45, 7) is 4.04. The van der Waals surface area contributed by atoms with Gasteiger partial charge in [0, 0.05) is 6.07 Å². The molecule has 0 fully saturated rings. The Hall–Kier alpha value is -2.74. The van der Waals surface area contributed by atoms with Crippen molar-refractivity contribution in [2.75, 3.05) is 12.4 Å². The third-order valence-electron chi connectivity index (χ3n) is 3.46. The lowest BCUT2D eigenvalue weighted by Gasteiger charge is -2.09. The van der Waals surface area contributed by atoms with Gasteiger partial charge in [0.05, 0.1) is 17.6 Å². The molecular weight excluding hydrogens is 344 g/mol. The summed E-state index contributed by atoms with van der Waals surface area (Å²) in [5.41, 5.74) is 0.721. The molecule has 0 unspecified atom stereocenters. The molecule has 1 amide bonds. The topological polar surface area (TPSA) is 98.5 Å². The van der Waals surface area contributed by atoms with Crippen molar-refractivity contribution in [3.63, 3.8) is 0 Å². The molecule has 1 N–H and O–H groups in total. The average molecular weight is 362 g/mol. The summed E-state index contributed by atoms with van der Waals surface area (Å²) < 4.78 is 4.81. The van der Waals surface area contributed by atoms with Crippen LogP contribution in [-0.4, -0.2) is 23.9 Å². The van der Waals surface area contributed by atoms with Crippen LogP contribution in [0.1, 0.15) is 40.1 Å². The maximum atomic E-state index is 12.5. The third-order valence-corrected chi connectivity index (χ3v) is 4.40. The van der Waals surface area contributed by atoms with Crippen LogP contribution in [0.5, 0.6) is 0 Å². The number of benzene rings is 1. The molecule has 0 radical (unpaired) electrons.